The minimum absolute atomic E-state index is 0.117. The van der Waals surface area contributed by atoms with E-state index in [1.807, 2.05) is 30.3 Å². The molecule has 2 rings (SSSR count). The zero-order valence-electron chi connectivity index (χ0n) is 7.76. The highest BCUT2D eigenvalue weighted by atomic mass is 16.1. The fraction of sp³-hybridized carbons (Fsp3) is 0.167. The van der Waals surface area contributed by atoms with Gasteiger partial charge in [-0.2, -0.15) is 0 Å². The van der Waals surface area contributed by atoms with Crippen molar-refractivity contribution in [1.82, 2.24) is 0 Å². The van der Waals surface area contributed by atoms with E-state index in [1.54, 1.807) is 12.3 Å². The number of aliphatic imine (C=N–C) groups is 1. The van der Waals surface area contributed by atoms with Crippen LogP contribution in [0.4, 0.5) is 0 Å². The first kappa shape index (κ1) is 8.88. The van der Waals surface area contributed by atoms with Crippen LogP contribution in [0.15, 0.2) is 48.0 Å². The molecule has 0 radical (unpaired) electrons. The van der Waals surface area contributed by atoms with Crippen molar-refractivity contribution in [2.75, 3.05) is 0 Å². The van der Waals surface area contributed by atoms with Gasteiger partial charge in [-0.05, 0) is 5.56 Å². The second-order valence-electron chi connectivity index (χ2n) is 3.27. The van der Waals surface area contributed by atoms with E-state index in [-0.39, 0.29) is 17.7 Å². The highest BCUT2D eigenvalue weighted by Crippen LogP contribution is 2.22. The van der Waals surface area contributed by atoms with E-state index in [2.05, 4.69) is 11.6 Å². The van der Waals surface area contributed by atoms with Crippen molar-refractivity contribution < 1.29 is 4.79 Å². The molecule has 70 valence electrons. The molecule has 2 atom stereocenters. The topological polar surface area (TPSA) is 29.4 Å². The zero-order valence-corrected chi connectivity index (χ0v) is 7.76. The van der Waals surface area contributed by atoms with Crippen molar-refractivity contribution in [3.05, 3.63) is 48.6 Å². The largest absolute Gasteiger partial charge is 0.296 e. The number of nitrogens with zero attached hydrogens (tertiary/aromatic N) is 1. The second-order valence-corrected chi connectivity index (χ2v) is 3.27. The highest BCUT2D eigenvalue weighted by molar-refractivity contribution is 6.08. The number of hydrogen-bond acceptors (Lipinski definition) is 2. The first-order valence-corrected chi connectivity index (χ1v) is 4.57. The Morgan fingerprint density at radius 2 is 2.00 bits per heavy atom. The van der Waals surface area contributed by atoms with Crippen molar-refractivity contribution in [2.45, 2.75) is 12.0 Å². The number of Topliss-reactive ketones (excluding diaryl/α,β-unsaturated/α-hetero) is 1. The Morgan fingerprint density at radius 3 is 2.57 bits per heavy atom. The van der Waals surface area contributed by atoms with Crippen molar-refractivity contribution in [2.24, 2.45) is 4.99 Å². The normalized spacial score (nSPS) is 25.3. The van der Waals surface area contributed by atoms with Crippen LogP contribution in [0.3, 0.4) is 0 Å². The summed E-state index contributed by atoms with van der Waals surface area (Å²) in [5, 5.41) is 0. The van der Waals surface area contributed by atoms with Crippen molar-refractivity contribution in [1.29, 1.82) is 0 Å². The summed E-state index contributed by atoms with van der Waals surface area (Å²) in [7, 11) is 0. The molecule has 0 spiro atoms. The van der Waals surface area contributed by atoms with E-state index in [4.69, 9.17) is 0 Å². The minimum atomic E-state index is -0.347. The maximum absolute atomic E-state index is 11.7. The second kappa shape index (κ2) is 3.58. The van der Waals surface area contributed by atoms with Gasteiger partial charge in [-0.15, -0.1) is 6.58 Å². The van der Waals surface area contributed by atoms with E-state index in [0.717, 1.165) is 5.56 Å². The molecule has 2 unspecified atom stereocenters. The monoisotopic (exact) mass is 185 g/mol. The van der Waals surface area contributed by atoms with Gasteiger partial charge < -0.3 is 0 Å². The maximum Gasteiger partial charge on any atom is 0.173 e. The SMILES string of the molecule is C=CC1N=CC(c2ccccc2)C1=O. The molecule has 0 aromatic heterocycles. The fourth-order valence-electron chi connectivity index (χ4n) is 1.60. The molecule has 1 heterocycles. The van der Waals surface area contributed by atoms with Gasteiger partial charge in [0.1, 0.15) is 6.04 Å². The summed E-state index contributed by atoms with van der Waals surface area (Å²) < 4.78 is 0. The van der Waals surface area contributed by atoms with Crippen LogP contribution in [-0.2, 0) is 4.79 Å². The smallest absolute Gasteiger partial charge is 0.173 e. The zero-order chi connectivity index (χ0) is 9.97. The van der Waals surface area contributed by atoms with E-state index < -0.39 is 0 Å². The molecule has 0 saturated heterocycles. The Hall–Kier alpha value is -1.70. The average Bonchev–Trinajstić information content (AvgIpc) is 2.61. The van der Waals surface area contributed by atoms with Crippen molar-refractivity contribution in [3.8, 4) is 0 Å². The van der Waals surface area contributed by atoms with Gasteiger partial charge in [-0.25, -0.2) is 0 Å². The summed E-state index contributed by atoms with van der Waals surface area (Å²) in [5.74, 6) is -0.0644. The molecule has 14 heavy (non-hydrogen) atoms. The van der Waals surface area contributed by atoms with Gasteiger partial charge in [0.05, 0.1) is 5.92 Å². The predicted molar refractivity (Wildman–Crippen MR) is 56.7 cm³/mol. The lowest BCUT2D eigenvalue weighted by atomic mass is 9.95. The molecular weight excluding hydrogens is 174 g/mol. The highest BCUT2D eigenvalue weighted by Gasteiger charge is 2.29. The third-order valence-corrected chi connectivity index (χ3v) is 2.38. The Bertz CT molecular complexity index is 381. The summed E-state index contributed by atoms with van der Waals surface area (Å²) >= 11 is 0. The summed E-state index contributed by atoms with van der Waals surface area (Å²) in [6.07, 6.45) is 3.30. The van der Waals surface area contributed by atoms with E-state index in [0.29, 0.717) is 0 Å². The number of rotatable bonds is 2. The number of ketones is 1. The van der Waals surface area contributed by atoms with Crippen LogP contribution in [-0.4, -0.2) is 18.0 Å². The van der Waals surface area contributed by atoms with Gasteiger partial charge in [0.25, 0.3) is 0 Å². The van der Waals surface area contributed by atoms with E-state index in [9.17, 15) is 4.79 Å². The van der Waals surface area contributed by atoms with Crippen molar-refractivity contribution in [3.63, 3.8) is 0 Å². The summed E-state index contributed by atoms with van der Waals surface area (Å²) in [4.78, 5) is 15.8. The number of benzene rings is 1. The van der Waals surface area contributed by atoms with Crippen LogP contribution in [0, 0.1) is 0 Å². The van der Waals surface area contributed by atoms with Crippen LogP contribution in [0.25, 0.3) is 0 Å². The van der Waals surface area contributed by atoms with Crippen molar-refractivity contribution >= 4 is 12.0 Å². The predicted octanol–water partition coefficient (Wildman–Crippen LogP) is 1.98. The van der Waals surface area contributed by atoms with Gasteiger partial charge in [-0.3, -0.25) is 9.79 Å². The molecule has 0 aliphatic carbocycles. The van der Waals surface area contributed by atoms with Gasteiger partial charge in [0, 0.05) is 6.21 Å². The molecule has 1 aromatic carbocycles. The quantitative estimate of drug-likeness (QED) is 0.648. The molecule has 1 aliphatic heterocycles. The number of hydrogen-bond donors (Lipinski definition) is 0. The lowest BCUT2D eigenvalue weighted by Crippen LogP contribution is -2.17. The Labute approximate surface area is 83.0 Å². The first-order chi connectivity index (χ1) is 6.83. The standard InChI is InChI=1S/C12H11NO/c1-2-11-12(14)10(8-13-11)9-6-4-3-5-7-9/h2-8,10-11H,1H2. The molecule has 2 heteroatoms. The number of carbonyl (C=O) groups excluding carboxylic acids is 1. The maximum atomic E-state index is 11.7. The molecule has 0 fully saturated rings. The Kier molecular flexibility index (Phi) is 2.27. The molecule has 2 nitrogen and oxygen atoms in total. The summed E-state index contributed by atoms with van der Waals surface area (Å²) in [5.41, 5.74) is 1.01. The van der Waals surface area contributed by atoms with Gasteiger partial charge in [-0.1, -0.05) is 36.4 Å². The molecule has 0 amide bonds. The van der Waals surface area contributed by atoms with Gasteiger partial charge in [0.2, 0.25) is 0 Å². The van der Waals surface area contributed by atoms with Crippen LogP contribution in [0.2, 0.25) is 0 Å². The molecule has 0 bridgehead atoms. The fourth-order valence-corrected chi connectivity index (χ4v) is 1.60. The van der Waals surface area contributed by atoms with E-state index >= 15 is 0 Å². The van der Waals surface area contributed by atoms with Crippen LogP contribution in [0.1, 0.15) is 11.5 Å². The molecule has 1 aliphatic rings. The lowest BCUT2D eigenvalue weighted by Gasteiger charge is -2.06. The molecule has 0 N–H and O–H groups in total. The minimum Gasteiger partial charge on any atom is -0.296 e. The first-order valence-electron chi connectivity index (χ1n) is 4.57. The summed E-state index contributed by atoms with van der Waals surface area (Å²) in [6, 6.07) is 9.33. The Balaban J connectivity index is 2.27. The molecule has 0 saturated carbocycles. The third kappa shape index (κ3) is 1.39. The van der Waals surface area contributed by atoms with Gasteiger partial charge >= 0.3 is 0 Å². The Morgan fingerprint density at radius 1 is 1.29 bits per heavy atom. The summed E-state index contributed by atoms with van der Waals surface area (Å²) in [6.45, 7) is 3.59. The van der Waals surface area contributed by atoms with Crippen LogP contribution in [0.5, 0.6) is 0 Å². The third-order valence-electron chi connectivity index (χ3n) is 2.38. The molecule has 1 aromatic rings. The van der Waals surface area contributed by atoms with E-state index in [1.165, 1.54) is 0 Å². The van der Waals surface area contributed by atoms with Crippen LogP contribution < -0.4 is 0 Å². The lowest BCUT2D eigenvalue weighted by molar-refractivity contribution is -0.118. The molecular formula is C12H11NO. The number of carbonyl (C=O) groups is 1. The van der Waals surface area contributed by atoms with Crippen LogP contribution >= 0.6 is 0 Å². The average molecular weight is 185 g/mol. The van der Waals surface area contributed by atoms with Gasteiger partial charge in [0.15, 0.2) is 5.78 Å².